The Balaban J connectivity index is 1.29. The minimum Gasteiger partial charge on any atom is -0.310 e. The van der Waals surface area contributed by atoms with E-state index < -0.39 is 0 Å². The first-order valence-electron chi connectivity index (χ1n) is 17.2. The van der Waals surface area contributed by atoms with Gasteiger partial charge in [-0.1, -0.05) is 166 Å². The van der Waals surface area contributed by atoms with Crippen LogP contribution < -0.4 is 4.90 Å². The summed E-state index contributed by atoms with van der Waals surface area (Å²) in [4.78, 5) is 7.69. The summed E-state index contributed by atoms with van der Waals surface area (Å²) < 4.78 is 0. The highest BCUT2D eigenvalue weighted by molar-refractivity contribution is 5.92. The lowest BCUT2D eigenvalue weighted by atomic mass is 9.76. The first-order valence-corrected chi connectivity index (χ1v) is 17.2. The van der Waals surface area contributed by atoms with Crippen LogP contribution in [0.25, 0.3) is 44.4 Å². The number of hydrogen-bond donors (Lipinski definition) is 0. The van der Waals surface area contributed by atoms with Crippen LogP contribution in [0.2, 0.25) is 0 Å². The van der Waals surface area contributed by atoms with Crippen LogP contribution in [-0.2, 0) is 5.41 Å². The molecule has 0 saturated heterocycles. The van der Waals surface area contributed by atoms with Crippen molar-refractivity contribution in [3.05, 3.63) is 205 Å². The standard InChI is InChI=1S/C48H38N2/c1-48(2,39-25-18-24-38(33-39)47-42(36-21-8-4-9-22-36)34-37-23-12-15-30-44(37)49-47)43-29-14-17-32-46(43)50(40-26-10-5-11-27-40)45-31-16-13-28-41(45)35-19-6-3-7-20-35/h3-34H,1-2H3. The SMILES string of the molecule is CC(C)(c1cccc(-c2nc3ccccc3cc2-c2ccccc2)c1)c1ccccc1N(c1ccccc1)c1ccccc1-c1ccccc1. The Hall–Kier alpha value is -6.25. The molecule has 0 aliphatic heterocycles. The molecular weight excluding hydrogens is 605 g/mol. The second kappa shape index (κ2) is 13.3. The molecule has 0 amide bonds. The zero-order valence-corrected chi connectivity index (χ0v) is 28.4. The summed E-state index contributed by atoms with van der Waals surface area (Å²) in [6, 6.07) is 69.2. The van der Waals surface area contributed by atoms with Gasteiger partial charge in [0.15, 0.2) is 0 Å². The van der Waals surface area contributed by atoms with Gasteiger partial charge in [-0.25, -0.2) is 4.98 Å². The molecule has 2 nitrogen and oxygen atoms in total. The molecule has 1 aromatic heterocycles. The van der Waals surface area contributed by atoms with Crippen LogP contribution in [0.5, 0.6) is 0 Å². The summed E-state index contributed by atoms with van der Waals surface area (Å²) in [5.41, 5.74) is 13.2. The number of hydrogen-bond acceptors (Lipinski definition) is 2. The van der Waals surface area contributed by atoms with Crippen LogP contribution in [0.3, 0.4) is 0 Å². The molecule has 1 heterocycles. The van der Waals surface area contributed by atoms with Crippen molar-refractivity contribution < 1.29 is 0 Å². The number of pyridine rings is 1. The average molecular weight is 643 g/mol. The highest BCUT2D eigenvalue weighted by Crippen LogP contribution is 2.46. The molecule has 0 aliphatic rings. The van der Waals surface area contributed by atoms with Gasteiger partial charge in [0.05, 0.1) is 22.6 Å². The van der Waals surface area contributed by atoms with Gasteiger partial charge in [-0.3, -0.25) is 0 Å². The molecule has 0 atom stereocenters. The Bertz CT molecular complexity index is 2400. The lowest BCUT2D eigenvalue weighted by Gasteiger charge is -2.35. The molecule has 8 rings (SSSR count). The monoisotopic (exact) mass is 642 g/mol. The van der Waals surface area contributed by atoms with Gasteiger partial charge in [0, 0.05) is 33.2 Å². The number of rotatable bonds is 8. The van der Waals surface area contributed by atoms with Gasteiger partial charge in [0.2, 0.25) is 0 Å². The zero-order chi connectivity index (χ0) is 33.9. The molecule has 0 spiro atoms. The van der Waals surface area contributed by atoms with E-state index in [1.165, 1.54) is 22.3 Å². The maximum Gasteiger partial charge on any atom is 0.0788 e. The van der Waals surface area contributed by atoms with Crippen molar-refractivity contribution in [3.8, 4) is 33.5 Å². The maximum atomic E-state index is 5.27. The van der Waals surface area contributed by atoms with Gasteiger partial charge < -0.3 is 4.90 Å². The number of benzene rings is 7. The molecule has 0 fully saturated rings. The Morgan fingerprint density at radius 2 is 1.00 bits per heavy atom. The molecule has 0 saturated carbocycles. The second-order valence-electron chi connectivity index (χ2n) is 13.2. The molecule has 2 heteroatoms. The van der Waals surface area contributed by atoms with Crippen molar-refractivity contribution in [1.82, 2.24) is 4.98 Å². The molecule has 50 heavy (non-hydrogen) atoms. The fourth-order valence-corrected chi connectivity index (χ4v) is 7.10. The van der Waals surface area contributed by atoms with Gasteiger partial charge in [-0.05, 0) is 64.7 Å². The van der Waals surface area contributed by atoms with Crippen molar-refractivity contribution in [2.45, 2.75) is 19.3 Å². The highest BCUT2D eigenvalue weighted by Gasteiger charge is 2.30. The number of aromatic nitrogens is 1. The quantitative estimate of drug-likeness (QED) is 0.164. The predicted octanol–water partition coefficient (Wildman–Crippen LogP) is 13.0. The smallest absolute Gasteiger partial charge is 0.0788 e. The van der Waals surface area contributed by atoms with E-state index in [-0.39, 0.29) is 5.41 Å². The van der Waals surface area contributed by atoms with Crippen molar-refractivity contribution in [2.24, 2.45) is 0 Å². The van der Waals surface area contributed by atoms with Crippen LogP contribution in [0, 0.1) is 0 Å². The van der Waals surface area contributed by atoms with Crippen molar-refractivity contribution >= 4 is 28.0 Å². The Morgan fingerprint density at radius 3 is 1.74 bits per heavy atom. The molecule has 0 N–H and O–H groups in total. The predicted molar refractivity (Wildman–Crippen MR) is 211 cm³/mol. The van der Waals surface area contributed by atoms with Crippen LogP contribution in [0.15, 0.2) is 194 Å². The van der Waals surface area contributed by atoms with Gasteiger partial charge >= 0.3 is 0 Å². The Labute approximate surface area is 295 Å². The molecular formula is C48H38N2. The van der Waals surface area contributed by atoms with E-state index in [1.807, 2.05) is 0 Å². The summed E-state index contributed by atoms with van der Waals surface area (Å²) in [5, 5.41) is 1.14. The summed E-state index contributed by atoms with van der Waals surface area (Å²) >= 11 is 0. The van der Waals surface area contributed by atoms with Crippen molar-refractivity contribution in [3.63, 3.8) is 0 Å². The number of anilines is 3. The maximum absolute atomic E-state index is 5.27. The van der Waals surface area contributed by atoms with Crippen LogP contribution in [0.1, 0.15) is 25.0 Å². The minimum atomic E-state index is -0.356. The summed E-state index contributed by atoms with van der Waals surface area (Å²) in [7, 11) is 0. The van der Waals surface area contributed by atoms with Crippen molar-refractivity contribution in [1.29, 1.82) is 0 Å². The third-order valence-corrected chi connectivity index (χ3v) is 9.73. The van der Waals surface area contributed by atoms with E-state index >= 15 is 0 Å². The molecule has 0 radical (unpaired) electrons. The lowest BCUT2D eigenvalue weighted by Crippen LogP contribution is -2.23. The number of fused-ring (bicyclic) bond motifs is 1. The molecule has 8 aromatic rings. The van der Waals surface area contributed by atoms with Crippen LogP contribution in [0.4, 0.5) is 17.1 Å². The van der Waals surface area contributed by atoms with Crippen LogP contribution >= 0.6 is 0 Å². The largest absolute Gasteiger partial charge is 0.310 e. The summed E-state index contributed by atoms with van der Waals surface area (Å²) in [6.07, 6.45) is 0. The van der Waals surface area contributed by atoms with E-state index in [2.05, 4.69) is 213 Å². The Kier molecular flexibility index (Phi) is 8.28. The third kappa shape index (κ3) is 5.86. The lowest BCUT2D eigenvalue weighted by molar-refractivity contribution is 0.641. The topological polar surface area (TPSA) is 16.1 Å². The van der Waals surface area contributed by atoms with Crippen molar-refractivity contribution in [2.75, 3.05) is 4.90 Å². The summed E-state index contributed by atoms with van der Waals surface area (Å²) in [6.45, 7) is 4.67. The van der Waals surface area contributed by atoms with Gasteiger partial charge in [-0.2, -0.15) is 0 Å². The molecule has 0 aliphatic carbocycles. The molecule has 240 valence electrons. The van der Waals surface area contributed by atoms with E-state index in [9.17, 15) is 0 Å². The first-order chi connectivity index (χ1) is 24.6. The third-order valence-electron chi connectivity index (χ3n) is 9.73. The zero-order valence-electron chi connectivity index (χ0n) is 28.4. The van der Waals surface area contributed by atoms with Gasteiger partial charge in [0.25, 0.3) is 0 Å². The van der Waals surface area contributed by atoms with Crippen LogP contribution in [-0.4, -0.2) is 4.98 Å². The Morgan fingerprint density at radius 1 is 0.440 bits per heavy atom. The fraction of sp³-hybridized carbons (Fsp3) is 0.0625. The summed E-state index contributed by atoms with van der Waals surface area (Å²) in [5.74, 6) is 0. The van der Waals surface area contributed by atoms with Gasteiger partial charge in [-0.15, -0.1) is 0 Å². The second-order valence-corrected chi connectivity index (χ2v) is 13.2. The first kappa shape index (κ1) is 31.0. The molecule has 0 bridgehead atoms. The van der Waals surface area contributed by atoms with E-state index in [0.29, 0.717) is 0 Å². The van der Waals surface area contributed by atoms with Gasteiger partial charge in [0.1, 0.15) is 0 Å². The van der Waals surface area contributed by atoms with E-state index in [1.54, 1.807) is 0 Å². The number of para-hydroxylation sites is 4. The number of nitrogens with zero attached hydrogens (tertiary/aromatic N) is 2. The molecule has 7 aromatic carbocycles. The fourth-order valence-electron chi connectivity index (χ4n) is 7.10. The molecule has 0 unspecified atom stereocenters. The minimum absolute atomic E-state index is 0.356. The normalized spacial score (nSPS) is 11.4. The average Bonchev–Trinajstić information content (AvgIpc) is 3.19. The highest BCUT2D eigenvalue weighted by atomic mass is 15.1. The van der Waals surface area contributed by atoms with E-state index in [4.69, 9.17) is 4.98 Å². The van der Waals surface area contributed by atoms with E-state index in [0.717, 1.165) is 50.3 Å².